The summed E-state index contributed by atoms with van der Waals surface area (Å²) in [6.45, 7) is 9.29. The van der Waals surface area contributed by atoms with E-state index in [0.717, 1.165) is 46.7 Å². The molecule has 1 amide bonds. The van der Waals surface area contributed by atoms with Crippen LogP contribution in [0.25, 0.3) is 17.1 Å². The summed E-state index contributed by atoms with van der Waals surface area (Å²) < 4.78 is 4.14. The lowest BCUT2D eigenvalue weighted by Gasteiger charge is -2.24. The summed E-state index contributed by atoms with van der Waals surface area (Å²) in [5, 5.41) is 4.79. The average Bonchev–Trinajstić information content (AvgIpc) is 3.33. The van der Waals surface area contributed by atoms with Gasteiger partial charge in [-0.1, -0.05) is 6.92 Å². The van der Waals surface area contributed by atoms with Gasteiger partial charge in [-0.15, -0.1) is 0 Å². The van der Waals surface area contributed by atoms with Crippen molar-refractivity contribution in [3.05, 3.63) is 58.4 Å². The van der Waals surface area contributed by atoms with Gasteiger partial charge in [0, 0.05) is 48.2 Å². The zero-order chi connectivity index (χ0) is 21.2. The minimum atomic E-state index is 0.220. The number of aromatic nitrogens is 3. The highest BCUT2D eigenvalue weighted by atomic mass is 16.2. The van der Waals surface area contributed by atoms with Gasteiger partial charge >= 0.3 is 0 Å². The van der Waals surface area contributed by atoms with Crippen LogP contribution in [0, 0.1) is 19.8 Å². The third-order valence-electron chi connectivity index (χ3n) is 6.96. The summed E-state index contributed by atoms with van der Waals surface area (Å²) in [6, 6.07) is 11.1. The van der Waals surface area contributed by atoms with Gasteiger partial charge in [-0.2, -0.15) is 5.10 Å². The fourth-order valence-electron chi connectivity index (χ4n) is 5.02. The number of hydrogen-bond donors (Lipinski definition) is 0. The van der Waals surface area contributed by atoms with Crippen LogP contribution in [0.3, 0.4) is 0 Å². The lowest BCUT2D eigenvalue weighted by molar-refractivity contribution is 0.0696. The summed E-state index contributed by atoms with van der Waals surface area (Å²) in [5.41, 5.74) is 7.82. The van der Waals surface area contributed by atoms with E-state index in [-0.39, 0.29) is 5.91 Å². The van der Waals surface area contributed by atoms with E-state index in [9.17, 15) is 4.79 Å². The fraction of sp³-hybridized carbons (Fsp3) is 0.440. The van der Waals surface area contributed by atoms with Crippen LogP contribution in [0.4, 0.5) is 0 Å². The molecule has 1 saturated carbocycles. The molecule has 1 aromatic carbocycles. The summed E-state index contributed by atoms with van der Waals surface area (Å²) >= 11 is 0. The second-order valence-electron chi connectivity index (χ2n) is 9.00. The molecule has 1 unspecified atom stereocenters. The summed E-state index contributed by atoms with van der Waals surface area (Å²) in [6.07, 6.45) is 3.36. The molecule has 3 heterocycles. The van der Waals surface area contributed by atoms with Crippen molar-refractivity contribution in [3.63, 3.8) is 0 Å². The normalized spacial score (nSPS) is 17.0. The van der Waals surface area contributed by atoms with E-state index in [1.54, 1.807) is 0 Å². The van der Waals surface area contributed by atoms with Gasteiger partial charge < -0.3 is 9.47 Å². The molecule has 2 aromatic heterocycles. The minimum Gasteiger partial charge on any atom is -0.331 e. The SMILES string of the molecule is CCc1cc(-c2cc(-n3c(C)ccc3C)nn2C)cc2c1C(=O)N(C(C)C1CC1)C2. The number of rotatable bonds is 5. The molecule has 0 spiro atoms. The van der Waals surface area contributed by atoms with E-state index < -0.39 is 0 Å². The molecule has 0 radical (unpaired) electrons. The topological polar surface area (TPSA) is 43.1 Å². The van der Waals surface area contributed by atoms with Gasteiger partial charge in [0.25, 0.3) is 5.91 Å². The highest BCUT2D eigenvalue weighted by molar-refractivity contribution is 6.00. The smallest absolute Gasteiger partial charge is 0.255 e. The van der Waals surface area contributed by atoms with Crippen LogP contribution in [0.1, 0.15) is 59.6 Å². The Labute approximate surface area is 178 Å². The molecule has 5 rings (SSSR count). The molecular formula is C25H30N4O. The molecule has 1 aliphatic heterocycles. The number of carbonyl (C=O) groups is 1. The Hall–Kier alpha value is -2.82. The first-order valence-electron chi connectivity index (χ1n) is 11.1. The van der Waals surface area contributed by atoms with Crippen molar-refractivity contribution in [1.82, 2.24) is 19.2 Å². The van der Waals surface area contributed by atoms with Crippen LogP contribution in [0.2, 0.25) is 0 Å². The van der Waals surface area contributed by atoms with Crippen LogP contribution >= 0.6 is 0 Å². The highest BCUT2D eigenvalue weighted by Gasteiger charge is 2.39. The van der Waals surface area contributed by atoms with Gasteiger partial charge in [-0.3, -0.25) is 9.48 Å². The lowest BCUT2D eigenvalue weighted by Crippen LogP contribution is -2.34. The van der Waals surface area contributed by atoms with Gasteiger partial charge in [0.15, 0.2) is 5.82 Å². The Balaban J connectivity index is 1.56. The molecule has 1 fully saturated rings. The van der Waals surface area contributed by atoms with E-state index in [2.05, 4.69) is 67.5 Å². The van der Waals surface area contributed by atoms with Crippen LogP contribution in [-0.4, -0.2) is 31.2 Å². The van der Waals surface area contributed by atoms with Crippen molar-refractivity contribution in [2.45, 2.75) is 59.5 Å². The first kappa shape index (κ1) is 19.2. The van der Waals surface area contributed by atoms with Crippen molar-refractivity contribution in [3.8, 4) is 17.1 Å². The van der Waals surface area contributed by atoms with Crippen LogP contribution < -0.4 is 0 Å². The first-order chi connectivity index (χ1) is 14.4. The van der Waals surface area contributed by atoms with E-state index in [4.69, 9.17) is 5.10 Å². The van der Waals surface area contributed by atoms with Crippen molar-refractivity contribution >= 4 is 5.91 Å². The third kappa shape index (κ3) is 2.91. The van der Waals surface area contributed by atoms with Crippen molar-refractivity contribution in [2.24, 2.45) is 13.0 Å². The number of carbonyl (C=O) groups excluding carboxylic acids is 1. The molecule has 3 aromatic rings. The Morgan fingerprint density at radius 1 is 1.13 bits per heavy atom. The van der Waals surface area contributed by atoms with E-state index in [0.29, 0.717) is 12.0 Å². The van der Waals surface area contributed by atoms with E-state index in [1.165, 1.54) is 24.2 Å². The predicted molar refractivity (Wildman–Crippen MR) is 119 cm³/mol. The molecule has 5 nitrogen and oxygen atoms in total. The quantitative estimate of drug-likeness (QED) is 0.615. The maximum absolute atomic E-state index is 13.2. The summed E-state index contributed by atoms with van der Waals surface area (Å²) in [4.78, 5) is 15.3. The monoisotopic (exact) mass is 402 g/mol. The second kappa shape index (κ2) is 6.86. The van der Waals surface area contributed by atoms with E-state index in [1.807, 2.05) is 11.7 Å². The summed E-state index contributed by atoms with van der Waals surface area (Å²) in [5.74, 6) is 1.84. The molecule has 0 N–H and O–H groups in total. The Kier molecular flexibility index (Phi) is 4.38. The Morgan fingerprint density at radius 3 is 2.47 bits per heavy atom. The Morgan fingerprint density at radius 2 is 1.83 bits per heavy atom. The van der Waals surface area contributed by atoms with Crippen LogP contribution in [-0.2, 0) is 20.0 Å². The zero-order valence-corrected chi connectivity index (χ0v) is 18.6. The number of hydrogen-bond acceptors (Lipinski definition) is 2. The van der Waals surface area contributed by atoms with Crippen molar-refractivity contribution in [2.75, 3.05) is 0 Å². The first-order valence-corrected chi connectivity index (χ1v) is 11.1. The highest BCUT2D eigenvalue weighted by Crippen LogP contribution is 2.40. The van der Waals surface area contributed by atoms with Crippen molar-refractivity contribution < 1.29 is 4.79 Å². The molecule has 0 bridgehead atoms. The van der Waals surface area contributed by atoms with E-state index >= 15 is 0 Å². The number of benzene rings is 1. The maximum atomic E-state index is 13.2. The molecule has 2 aliphatic rings. The molecule has 1 atom stereocenters. The second-order valence-corrected chi connectivity index (χ2v) is 9.00. The van der Waals surface area contributed by atoms with Gasteiger partial charge in [0.05, 0.1) is 5.69 Å². The van der Waals surface area contributed by atoms with Crippen LogP contribution in [0.15, 0.2) is 30.3 Å². The largest absolute Gasteiger partial charge is 0.331 e. The minimum absolute atomic E-state index is 0.220. The standard InChI is InChI=1S/C25H30N4O/c1-6-18-11-20(12-21-14-28(25(30)24(18)21)17(4)19-9-10-19)22-13-23(26-27(22)5)29-15(2)7-8-16(29)3/h7-8,11-13,17,19H,6,9-10,14H2,1-5H3. The summed E-state index contributed by atoms with van der Waals surface area (Å²) in [7, 11) is 2.00. The number of fused-ring (bicyclic) bond motifs is 1. The number of amides is 1. The number of nitrogens with zero attached hydrogens (tertiary/aromatic N) is 4. The predicted octanol–water partition coefficient (Wildman–Crippen LogP) is 4.81. The molecule has 0 saturated heterocycles. The zero-order valence-electron chi connectivity index (χ0n) is 18.6. The molecule has 1 aliphatic carbocycles. The fourth-order valence-corrected chi connectivity index (χ4v) is 5.02. The lowest BCUT2D eigenvalue weighted by atomic mass is 9.96. The van der Waals surface area contributed by atoms with Crippen molar-refractivity contribution in [1.29, 1.82) is 0 Å². The van der Waals surface area contributed by atoms with Gasteiger partial charge in [-0.05, 0) is 81.3 Å². The molecule has 5 heteroatoms. The molecule has 30 heavy (non-hydrogen) atoms. The Bertz CT molecular complexity index is 1130. The number of aryl methyl sites for hydroxylation is 4. The molecular weight excluding hydrogens is 372 g/mol. The molecule has 156 valence electrons. The third-order valence-corrected chi connectivity index (χ3v) is 6.96. The van der Waals surface area contributed by atoms with Crippen LogP contribution in [0.5, 0.6) is 0 Å². The maximum Gasteiger partial charge on any atom is 0.255 e. The van der Waals surface area contributed by atoms with Gasteiger partial charge in [-0.25, -0.2) is 0 Å². The van der Waals surface area contributed by atoms with Gasteiger partial charge in [0.2, 0.25) is 0 Å². The average molecular weight is 403 g/mol. The van der Waals surface area contributed by atoms with Gasteiger partial charge in [0.1, 0.15) is 0 Å².